The topological polar surface area (TPSA) is 80.1 Å². The van der Waals surface area contributed by atoms with Gasteiger partial charge < -0.3 is 5.32 Å². The molecule has 0 unspecified atom stereocenters. The predicted octanol–water partition coefficient (Wildman–Crippen LogP) is 3.86. The number of carbonyl (C=O) groups is 2. The van der Waals surface area contributed by atoms with Crippen LogP contribution in [0.5, 0.6) is 0 Å². The Morgan fingerprint density at radius 2 is 1.81 bits per heavy atom. The molecule has 1 N–H and O–H groups in total. The first-order valence-corrected chi connectivity index (χ1v) is 10.2. The summed E-state index contributed by atoms with van der Waals surface area (Å²) in [6, 6.07) is 20.2. The predicted molar refractivity (Wildman–Crippen MR) is 119 cm³/mol. The van der Waals surface area contributed by atoms with Crippen molar-refractivity contribution in [1.82, 2.24) is 14.5 Å². The van der Waals surface area contributed by atoms with Crippen molar-refractivity contribution < 1.29 is 9.59 Å². The number of hydrogen-bond donors (Lipinski definition) is 1. The van der Waals surface area contributed by atoms with Crippen molar-refractivity contribution in [3.05, 3.63) is 84.2 Å². The summed E-state index contributed by atoms with van der Waals surface area (Å²) in [5, 5.41) is 2.94. The van der Waals surface area contributed by atoms with Crippen LogP contribution >= 0.6 is 0 Å². The Morgan fingerprint density at radius 1 is 1.03 bits per heavy atom. The van der Waals surface area contributed by atoms with Crippen LogP contribution in [0.15, 0.2) is 72.9 Å². The largest absolute Gasteiger partial charge is 0.326 e. The number of benzene rings is 2. The number of fused-ring (bicyclic) bond motifs is 3. The molecule has 1 aliphatic rings. The summed E-state index contributed by atoms with van der Waals surface area (Å²) in [7, 11) is 0. The maximum absolute atomic E-state index is 13.4. The Balaban J connectivity index is 1.48. The third-order valence-electron chi connectivity index (χ3n) is 5.53. The molecular formula is C24H21N5O2. The number of hydrogen-bond acceptors (Lipinski definition) is 4. The lowest BCUT2D eigenvalue weighted by atomic mass is 10.1. The molecule has 7 nitrogen and oxygen atoms in total. The molecule has 0 saturated carbocycles. The molecule has 0 bridgehead atoms. The molecule has 0 aliphatic carbocycles. The van der Waals surface area contributed by atoms with Gasteiger partial charge in [0.15, 0.2) is 0 Å². The number of carbonyl (C=O) groups excluding carboxylic acids is 2. The number of para-hydroxylation sites is 3. The molecular weight excluding hydrogens is 390 g/mol. The van der Waals surface area contributed by atoms with Crippen LogP contribution in [0.1, 0.15) is 23.7 Å². The van der Waals surface area contributed by atoms with Gasteiger partial charge in [-0.25, -0.2) is 4.98 Å². The number of imidazole rings is 1. The zero-order chi connectivity index (χ0) is 21.4. The van der Waals surface area contributed by atoms with Gasteiger partial charge in [-0.05, 0) is 42.8 Å². The molecule has 2 amide bonds. The summed E-state index contributed by atoms with van der Waals surface area (Å²) in [6.45, 7) is 2.24. The minimum atomic E-state index is -0.657. The zero-order valence-electron chi connectivity index (χ0n) is 17.0. The second-order valence-electron chi connectivity index (χ2n) is 7.60. The lowest BCUT2D eigenvalue weighted by molar-refractivity contribution is -0.124. The van der Waals surface area contributed by atoms with Crippen molar-refractivity contribution in [1.29, 1.82) is 0 Å². The van der Waals surface area contributed by atoms with Gasteiger partial charge in [0, 0.05) is 11.9 Å². The van der Waals surface area contributed by atoms with Crippen molar-refractivity contribution in [2.24, 2.45) is 0 Å². The van der Waals surface area contributed by atoms with E-state index in [4.69, 9.17) is 0 Å². The second-order valence-corrected chi connectivity index (χ2v) is 7.60. The number of pyridine rings is 1. The van der Waals surface area contributed by atoms with Crippen LogP contribution in [0.2, 0.25) is 0 Å². The summed E-state index contributed by atoms with van der Waals surface area (Å²) in [5.41, 5.74) is 4.11. The van der Waals surface area contributed by atoms with E-state index in [1.807, 2.05) is 78.2 Å². The molecule has 1 atom stereocenters. The van der Waals surface area contributed by atoms with Gasteiger partial charge in [-0.2, -0.15) is 0 Å². The van der Waals surface area contributed by atoms with Gasteiger partial charge in [-0.3, -0.25) is 24.0 Å². The number of aromatic nitrogens is 3. The lowest BCUT2D eigenvalue weighted by Gasteiger charge is -2.16. The number of nitrogens with one attached hydrogen (secondary N) is 1. The molecule has 0 saturated heterocycles. The fraction of sp³-hybridized carbons (Fsp3) is 0.167. The number of nitrogens with zero attached hydrogens (tertiary/aromatic N) is 4. The maximum Gasteiger partial charge on any atom is 0.253 e. The second kappa shape index (κ2) is 7.68. The average Bonchev–Trinajstić information content (AvgIpc) is 3.27. The summed E-state index contributed by atoms with van der Waals surface area (Å²) >= 11 is 0. The molecule has 5 rings (SSSR count). The highest BCUT2D eigenvalue weighted by molar-refractivity contribution is 6.05. The van der Waals surface area contributed by atoms with E-state index in [9.17, 15) is 9.59 Å². The first-order valence-electron chi connectivity index (χ1n) is 10.2. The van der Waals surface area contributed by atoms with Gasteiger partial charge in [0.2, 0.25) is 11.9 Å². The molecule has 0 fully saturated rings. The highest BCUT2D eigenvalue weighted by Gasteiger charge is 2.41. The minimum Gasteiger partial charge on any atom is -0.326 e. The maximum atomic E-state index is 13.4. The van der Waals surface area contributed by atoms with Crippen LogP contribution in [0, 0.1) is 6.92 Å². The Morgan fingerprint density at radius 3 is 2.61 bits per heavy atom. The van der Waals surface area contributed by atoms with E-state index in [0.717, 1.165) is 28.0 Å². The Labute approximate surface area is 179 Å². The molecule has 1 aliphatic heterocycles. The van der Waals surface area contributed by atoms with E-state index in [1.54, 1.807) is 11.1 Å². The van der Waals surface area contributed by atoms with Crippen LogP contribution < -0.4 is 10.2 Å². The first-order chi connectivity index (χ1) is 15.1. The number of anilines is 2. The van der Waals surface area contributed by atoms with E-state index in [0.29, 0.717) is 12.5 Å². The quantitative estimate of drug-likeness (QED) is 0.541. The van der Waals surface area contributed by atoms with E-state index in [-0.39, 0.29) is 18.2 Å². The van der Waals surface area contributed by atoms with Crippen LogP contribution in [-0.4, -0.2) is 26.3 Å². The summed E-state index contributed by atoms with van der Waals surface area (Å²) in [5.74, 6) is 0.181. The summed E-state index contributed by atoms with van der Waals surface area (Å²) in [4.78, 5) is 36.9. The Kier molecular flexibility index (Phi) is 4.71. The molecule has 0 spiro atoms. The van der Waals surface area contributed by atoms with Crippen LogP contribution in [0.3, 0.4) is 0 Å². The van der Waals surface area contributed by atoms with Gasteiger partial charge in [0.1, 0.15) is 6.04 Å². The van der Waals surface area contributed by atoms with E-state index >= 15 is 0 Å². The van der Waals surface area contributed by atoms with Crippen molar-refractivity contribution in [2.75, 3.05) is 10.2 Å². The van der Waals surface area contributed by atoms with Gasteiger partial charge in [0.05, 0.1) is 29.7 Å². The first kappa shape index (κ1) is 19.0. The van der Waals surface area contributed by atoms with Crippen LogP contribution in [0.4, 0.5) is 11.6 Å². The number of rotatable bonds is 5. The monoisotopic (exact) mass is 411 g/mol. The van der Waals surface area contributed by atoms with Crippen molar-refractivity contribution >= 4 is 34.5 Å². The van der Waals surface area contributed by atoms with Crippen LogP contribution in [-0.2, 0) is 16.1 Å². The molecule has 154 valence electrons. The molecule has 3 heterocycles. The third-order valence-corrected chi connectivity index (χ3v) is 5.53. The molecule has 2 aromatic heterocycles. The number of aryl methyl sites for hydroxylation is 1. The smallest absolute Gasteiger partial charge is 0.253 e. The van der Waals surface area contributed by atoms with E-state index in [1.165, 1.54) is 0 Å². The molecule has 7 heteroatoms. The van der Waals surface area contributed by atoms with E-state index in [2.05, 4.69) is 15.3 Å². The minimum absolute atomic E-state index is 0.0270. The van der Waals surface area contributed by atoms with Crippen molar-refractivity contribution in [3.63, 3.8) is 0 Å². The van der Waals surface area contributed by atoms with Gasteiger partial charge in [-0.15, -0.1) is 0 Å². The Bertz CT molecular complexity index is 1280. The fourth-order valence-electron chi connectivity index (χ4n) is 3.99. The van der Waals surface area contributed by atoms with Crippen molar-refractivity contribution in [2.45, 2.75) is 25.9 Å². The highest BCUT2D eigenvalue weighted by atomic mass is 16.2. The normalized spacial score (nSPS) is 15.3. The van der Waals surface area contributed by atoms with Gasteiger partial charge in [-0.1, -0.05) is 36.4 Å². The third kappa shape index (κ3) is 3.44. The molecule has 31 heavy (non-hydrogen) atoms. The fourth-order valence-corrected chi connectivity index (χ4v) is 3.99. The summed E-state index contributed by atoms with van der Waals surface area (Å²) < 4.78 is 1.87. The SMILES string of the molecule is Cc1ccccc1NC(=O)C[C@H]1C(=O)N(Cc2ccccn2)c2nc3ccccc3n21. The van der Waals surface area contributed by atoms with Gasteiger partial charge in [0.25, 0.3) is 5.91 Å². The molecule has 0 radical (unpaired) electrons. The lowest BCUT2D eigenvalue weighted by Crippen LogP contribution is -2.31. The van der Waals surface area contributed by atoms with Crippen molar-refractivity contribution in [3.8, 4) is 0 Å². The molecule has 4 aromatic rings. The zero-order valence-corrected chi connectivity index (χ0v) is 17.0. The van der Waals surface area contributed by atoms with Gasteiger partial charge >= 0.3 is 0 Å². The average molecular weight is 411 g/mol. The Hall–Kier alpha value is -4.00. The molecule has 2 aromatic carbocycles. The standard InChI is InChI=1S/C24H21N5O2/c1-16-8-2-3-10-18(16)26-22(30)14-21-23(31)28(15-17-9-6-7-13-25-17)24-27-19-11-4-5-12-20(19)29(21)24/h2-13,21H,14-15H2,1H3,(H,26,30)/t21-/m0/s1. The van der Waals surface area contributed by atoms with E-state index < -0.39 is 6.04 Å². The number of amides is 2. The van der Waals surface area contributed by atoms with Crippen LogP contribution in [0.25, 0.3) is 11.0 Å². The highest BCUT2D eigenvalue weighted by Crippen LogP contribution is 2.37. The summed E-state index contributed by atoms with van der Waals surface area (Å²) in [6.07, 6.45) is 1.73.